The van der Waals surface area contributed by atoms with Crippen LogP contribution in [-0.4, -0.2) is 37.5 Å². The Morgan fingerprint density at radius 3 is 2.81 bits per heavy atom. The van der Waals surface area contributed by atoms with E-state index in [0.29, 0.717) is 11.4 Å². The lowest BCUT2D eigenvalue weighted by atomic mass is 10.1. The number of rotatable bonds is 4. The Hall–Kier alpha value is -3.81. The predicted octanol–water partition coefficient (Wildman–Crippen LogP) is 2.69. The third-order valence-electron chi connectivity index (χ3n) is 4.13. The third-order valence-corrected chi connectivity index (χ3v) is 4.13. The summed E-state index contributed by atoms with van der Waals surface area (Å²) in [5, 5.41) is 3.58. The Morgan fingerprint density at radius 1 is 1.15 bits per heavy atom. The van der Waals surface area contributed by atoms with Crippen LogP contribution >= 0.6 is 0 Å². The van der Waals surface area contributed by atoms with Gasteiger partial charge in [0, 0.05) is 42.0 Å². The van der Waals surface area contributed by atoms with Gasteiger partial charge in [0.2, 0.25) is 11.8 Å². The molecule has 0 fully saturated rings. The van der Waals surface area contributed by atoms with E-state index in [4.69, 9.17) is 4.74 Å². The maximum Gasteiger partial charge on any atom is 0.258 e. The molecule has 0 saturated heterocycles. The minimum atomic E-state index is -0.335. The summed E-state index contributed by atoms with van der Waals surface area (Å²) in [6.45, 7) is 0. The van der Waals surface area contributed by atoms with E-state index in [2.05, 4.69) is 25.3 Å². The molecular weight excluding hydrogens is 344 g/mol. The average Bonchev–Trinajstić information content (AvgIpc) is 3.13. The lowest BCUT2D eigenvalue weighted by Crippen LogP contribution is -2.14. The smallest absolute Gasteiger partial charge is 0.258 e. The molecule has 8 heteroatoms. The highest BCUT2D eigenvalue weighted by Crippen LogP contribution is 2.23. The molecule has 0 bridgehead atoms. The predicted molar refractivity (Wildman–Crippen MR) is 100 cm³/mol. The number of hydrogen-bond donors (Lipinski definition) is 1. The van der Waals surface area contributed by atoms with Crippen molar-refractivity contribution < 1.29 is 9.53 Å². The molecule has 0 radical (unpaired) electrons. The summed E-state index contributed by atoms with van der Waals surface area (Å²) >= 11 is 0. The van der Waals surface area contributed by atoms with Crippen LogP contribution in [0.5, 0.6) is 5.88 Å². The highest BCUT2D eigenvalue weighted by atomic mass is 16.5. The molecule has 0 aliphatic heterocycles. The fourth-order valence-corrected chi connectivity index (χ4v) is 2.71. The first-order chi connectivity index (χ1) is 13.1. The molecule has 3 aromatic heterocycles. The minimum Gasteiger partial charge on any atom is -0.481 e. The molecule has 134 valence electrons. The van der Waals surface area contributed by atoms with E-state index < -0.39 is 0 Å². The van der Waals surface area contributed by atoms with Crippen molar-refractivity contribution in [2.75, 3.05) is 12.4 Å². The summed E-state index contributed by atoms with van der Waals surface area (Å²) in [5.74, 6) is 0.256. The minimum absolute atomic E-state index is 0.227. The fourth-order valence-electron chi connectivity index (χ4n) is 2.71. The van der Waals surface area contributed by atoms with E-state index in [1.807, 2.05) is 29.8 Å². The number of nitrogens with zero attached hydrogens (tertiary/aromatic N) is 5. The average molecular weight is 360 g/mol. The summed E-state index contributed by atoms with van der Waals surface area (Å²) < 4.78 is 6.97. The van der Waals surface area contributed by atoms with E-state index in [1.165, 1.54) is 13.3 Å². The van der Waals surface area contributed by atoms with Gasteiger partial charge in [0.15, 0.2) is 0 Å². The van der Waals surface area contributed by atoms with Gasteiger partial charge in [-0.05, 0) is 12.1 Å². The van der Waals surface area contributed by atoms with Gasteiger partial charge in [-0.25, -0.2) is 19.9 Å². The number of benzene rings is 1. The molecule has 0 unspecified atom stereocenters. The summed E-state index contributed by atoms with van der Waals surface area (Å²) in [6.07, 6.45) is 6.73. The number of aryl methyl sites for hydroxylation is 1. The van der Waals surface area contributed by atoms with E-state index in [9.17, 15) is 4.79 Å². The Morgan fingerprint density at radius 2 is 2.04 bits per heavy atom. The summed E-state index contributed by atoms with van der Waals surface area (Å²) in [6, 6.07) is 9.02. The largest absolute Gasteiger partial charge is 0.481 e. The van der Waals surface area contributed by atoms with Gasteiger partial charge in [0.25, 0.3) is 5.91 Å². The number of nitrogens with one attached hydrogen (secondary N) is 1. The maximum atomic E-state index is 12.4. The van der Waals surface area contributed by atoms with Crippen molar-refractivity contribution in [3.63, 3.8) is 0 Å². The standard InChI is InChI=1S/C19H16N6O2/c1-25-11-20-10-16(25)12-3-4-14-9-22-19(23-15(14)7-12)24-18(26)13-5-6-21-17(8-13)27-2/h3-11H,1-2H3,(H,22,23,24,26). The molecular formula is C19H16N6O2. The molecule has 0 aliphatic rings. The molecule has 27 heavy (non-hydrogen) atoms. The first kappa shape index (κ1) is 16.6. The Balaban J connectivity index is 1.64. The van der Waals surface area contributed by atoms with Crippen LogP contribution in [0.3, 0.4) is 0 Å². The van der Waals surface area contributed by atoms with Gasteiger partial charge in [0.05, 0.1) is 30.8 Å². The topological polar surface area (TPSA) is 94.8 Å². The number of imidazole rings is 1. The molecule has 1 aromatic carbocycles. The van der Waals surface area contributed by atoms with Crippen LogP contribution in [0.1, 0.15) is 10.4 Å². The zero-order valence-electron chi connectivity index (χ0n) is 14.7. The van der Waals surface area contributed by atoms with Gasteiger partial charge in [-0.3, -0.25) is 10.1 Å². The molecule has 0 atom stereocenters. The van der Waals surface area contributed by atoms with Crippen LogP contribution < -0.4 is 10.1 Å². The number of methoxy groups -OCH3 is 1. The second-order valence-corrected chi connectivity index (χ2v) is 5.90. The molecule has 0 spiro atoms. The molecule has 1 N–H and O–H groups in total. The van der Waals surface area contributed by atoms with E-state index in [1.54, 1.807) is 30.9 Å². The molecule has 1 amide bonds. The quantitative estimate of drug-likeness (QED) is 0.601. The van der Waals surface area contributed by atoms with Crippen LogP contribution in [0.4, 0.5) is 5.95 Å². The number of fused-ring (bicyclic) bond motifs is 1. The summed E-state index contributed by atoms with van der Waals surface area (Å²) in [5.41, 5.74) is 3.10. The molecule has 0 saturated carbocycles. The van der Waals surface area contributed by atoms with Gasteiger partial charge >= 0.3 is 0 Å². The lowest BCUT2D eigenvalue weighted by Gasteiger charge is -2.07. The number of amides is 1. The number of pyridine rings is 1. The second kappa shape index (κ2) is 6.83. The van der Waals surface area contributed by atoms with E-state index >= 15 is 0 Å². The Bertz CT molecular complexity index is 1140. The first-order valence-corrected chi connectivity index (χ1v) is 8.19. The molecule has 3 heterocycles. The zero-order valence-corrected chi connectivity index (χ0v) is 14.7. The molecule has 4 rings (SSSR count). The van der Waals surface area contributed by atoms with Crippen molar-refractivity contribution >= 4 is 22.8 Å². The van der Waals surface area contributed by atoms with Crippen molar-refractivity contribution in [2.24, 2.45) is 7.05 Å². The molecule has 4 aromatic rings. The highest BCUT2D eigenvalue weighted by Gasteiger charge is 2.11. The van der Waals surface area contributed by atoms with Crippen molar-refractivity contribution in [1.29, 1.82) is 0 Å². The van der Waals surface area contributed by atoms with Crippen molar-refractivity contribution in [3.05, 3.63) is 60.8 Å². The van der Waals surface area contributed by atoms with Crippen molar-refractivity contribution in [3.8, 4) is 17.1 Å². The number of hydrogen-bond acceptors (Lipinski definition) is 6. The van der Waals surface area contributed by atoms with Crippen LogP contribution in [0, 0.1) is 0 Å². The maximum absolute atomic E-state index is 12.4. The molecule has 0 aliphatic carbocycles. The SMILES string of the molecule is COc1cc(C(=O)Nc2ncc3ccc(-c4cncn4C)cc3n2)ccn1. The number of carbonyl (C=O) groups excluding carboxylic acids is 1. The Kier molecular flexibility index (Phi) is 4.21. The molecule has 8 nitrogen and oxygen atoms in total. The monoisotopic (exact) mass is 360 g/mol. The fraction of sp³-hybridized carbons (Fsp3) is 0.105. The zero-order chi connectivity index (χ0) is 18.8. The highest BCUT2D eigenvalue weighted by molar-refractivity contribution is 6.03. The van der Waals surface area contributed by atoms with Crippen LogP contribution in [-0.2, 0) is 7.05 Å². The second-order valence-electron chi connectivity index (χ2n) is 5.90. The lowest BCUT2D eigenvalue weighted by molar-refractivity contribution is 0.102. The van der Waals surface area contributed by atoms with Gasteiger partial charge in [-0.1, -0.05) is 12.1 Å². The Labute approximate surface area is 154 Å². The van der Waals surface area contributed by atoms with E-state index in [-0.39, 0.29) is 11.9 Å². The van der Waals surface area contributed by atoms with E-state index in [0.717, 1.165) is 22.2 Å². The van der Waals surface area contributed by atoms with Crippen LogP contribution in [0.15, 0.2) is 55.2 Å². The number of anilines is 1. The van der Waals surface area contributed by atoms with Crippen LogP contribution in [0.2, 0.25) is 0 Å². The van der Waals surface area contributed by atoms with Gasteiger partial charge in [0.1, 0.15) is 0 Å². The van der Waals surface area contributed by atoms with Gasteiger partial charge in [-0.15, -0.1) is 0 Å². The summed E-state index contributed by atoms with van der Waals surface area (Å²) in [4.78, 5) is 29.2. The number of aromatic nitrogens is 5. The first-order valence-electron chi connectivity index (χ1n) is 8.19. The number of ether oxygens (including phenoxy) is 1. The van der Waals surface area contributed by atoms with Crippen molar-refractivity contribution in [2.45, 2.75) is 0 Å². The summed E-state index contributed by atoms with van der Waals surface area (Å²) in [7, 11) is 3.43. The van der Waals surface area contributed by atoms with Crippen molar-refractivity contribution in [1.82, 2.24) is 24.5 Å². The number of carbonyl (C=O) groups is 1. The van der Waals surface area contributed by atoms with Crippen LogP contribution in [0.25, 0.3) is 22.2 Å². The van der Waals surface area contributed by atoms with Gasteiger partial charge < -0.3 is 9.30 Å². The third kappa shape index (κ3) is 3.32. The van der Waals surface area contributed by atoms with Gasteiger partial charge in [-0.2, -0.15) is 0 Å². The normalized spacial score (nSPS) is 10.7.